The average Bonchev–Trinajstić information content (AvgIpc) is 3.05. The zero-order valence-corrected chi connectivity index (χ0v) is 29.0. The largest absolute Gasteiger partial charge is 0.480 e. The minimum absolute atomic E-state index is 0.195. The van der Waals surface area contributed by atoms with E-state index in [1.54, 1.807) is 0 Å². The number of allylic oxidation sites excluding steroid dienone is 9. The van der Waals surface area contributed by atoms with Crippen molar-refractivity contribution in [3.63, 3.8) is 0 Å². The van der Waals surface area contributed by atoms with Crippen LogP contribution in [-0.4, -0.2) is 59.3 Å². The minimum atomic E-state index is -1.39. The first-order valence-electron chi connectivity index (χ1n) is 17.7. The first-order valence-corrected chi connectivity index (χ1v) is 17.7. The van der Waals surface area contributed by atoms with Crippen molar-refractivity contribution in [3.05, 3.63) is 60.8 Å². The SMILES string of the molecule is CC/C=C\C/C=C\C/C=C\C/C=C\CCC(=O)OC(/C=C\CCCCCCC)CCCCCCC(=O)NCC(=O)NC(CO)C(=O)O. The van der Waals surface area contributed by atoms with E-state index in [2.05, 4.69) is 73.1 Å². The number of amides is 2. The zero-order valence-electron chi connectivity index (χ0n) is 29.0. The number of carboxylic acid groups (broad SMARTS) is 1. The van der Waals surface area contributed by atoms with Crippen LogP contribution in [-0.2, 0) is 23.9 Å². The normalized spacial score (nSPS) is 13.3. The predicted molar refractivity (Wildman–Crippen MR) is 190 cm³/mol. The summed E-state index contributed by atoms with van der Waals surface area (Å²) in [5.41, 5.74) is 0. The molecule has 0 aliphatic rings. The molecule has 9 heteroatoms. The molecule has 0 heterocycles. The number of carboxylic acids is 1. The molecule has 2 unspecified atom stereocenters. The molecular formula is C38H62N2O7. The van der Waals surface area contributed by atoms with Crippen LogP contribution in [0.4, 0.5) is 0 Å². The lowest BCUT2D eigenvalue weighted by Gasteiger charge is -2.14. The molecule has 0 rings (SSSR count). The second-order valence-corrected chi connectivity index (χ2v) is 11.6. The Kier molecular flexibility index (Phi) is 30.1. The number of ether oxygens (including phenoxy) is 1. The third-order valence-corrected chi connectivity index (χ3v) is 7.25. The third kappa shape index (κ3) is 29.7. The Hall–Kier alpha value is -3.46. The molecule has 0 saturated carbocycles. The summed E-state index contributed by atoms with van der Waals surface area (Å²) >= 11 is 0. The first kappa shape index (κ1) is 43.5. The van der Waals surface area contributed by atoms with Crippen LogP contribution in [0.3, 0.4) is 0 Å². The van der Waals surface area contributed by atoms with Gasteiger partial charge in [-0.2, -0.15) is 0 Å². The molecule has 266 valence electrons. The van der Waals surface area contributed by atoms with Gasteiger partial charge in [-0.05, 0) is 70.3 Å². The topological polar surface area (TPSA) is 142 Å². The summed E-state index contributed by atoms with van der Waals surface area (Å²) in [5.74, 6) is -2.51. The number of aliphatic carboxylic acids is 1. The van der Waals surface area contributed by atoms with Gasteiger partial charge in [0, 0.05) is 12.8 Å². The molecule has 0 aromatic carbocycles. The number of aliphatic hydroxyl groups is 1. The molecule has 0 aliphatic carbocycles. The third-order valence-electron chi connectivity index (χ3n) is 7.25. The van der Waals surface area contributed by atoms with E-state index in [-0.39, 0.29) is 30.9 Å². The van der Waals surface area contributed by atoms with Gasteiger partial charge in [-0.25, -0.2) is 4.79 Å². The van der Waals surface area contributed by atoms with Crippen LogP contribution in [0.5, 0.6) is 0 Å². The molecule has 2 amide bonds. The van der Waals surface area contributed by atoms with E-state index in [0.717, 1.165) is 64.2 Å². The summed E-state index contributed by atoms with van der Waals surface area (Å²) in [7, 11) is 0. The Bertz CT molecular complexity index is 985. The molecule has 0 radical (unpaired) electrons. The van der Waals surface area contributed by atoms with Gasteiger partial charge in [0.1, 0.15) is 12.1 Å². The van der Waals surface area contributed by atoms with Gasteiger partial charge in [-0.3, -0.25) is 14.4 Å². The molecule has 0 spiro atoms. The van der Waals surface area contributed by atoms with Gasteiger partial charge in [0.15, 0.2) is 0 Å². The molecule has 0 aromatic rings. The van der Waals surface area contributed by atoms with Crippen LogP contribution in [0.25, 0.3) is 0 Å². The summed E-state index contributed by atoms with van der Waals surface area (Å²) in [4.78, 5) is 47.2. The van der Waals surface area contributed by atoms with E-state index in [1.807, 2.05) is 12.2 Å². The van der Waals surface area contributed by atoms with Crippen LogP contribution in [0.2, 0.25) is 0 Å². The van der Waals surface area contributed by atoms with E-state index in [1.165, 1.54) is 25.7 Å². The highest BCUT2D eigenvalue weighted by atomic mass is 16.5. The molecule has 0 bridgehead atoms. The van der Waals surface area contributed by atoms with Crippen molar-refractivity contribution in [2.24, 2.45) is 0 Å². The van der Waals surface area contributed by atoms with Crippen LogP contribution in [0.15, 0.2) is 60.8 Å². The predicted octanol–water partition coefficient (Wildman–Crippen LogP) is 7.42. The fourth-order valence-electron chi connectivity index (χ4n) is 4.52. The number of hydrogen-bond donors (Lipinski definition) is 4. The summed E-state index contributed by atoms with van der Waals surface area (Å²) in [6.45, 7) is 3.26. The highest BCUT2D eigenvalue weighted by Gasteiger charge is 2.18. The van der Waals surface area contributed by atoms with Crippen molar-refractivity contribution in [1.82, 2.24) is 10.6 Å². The lowest BCUT2D eigenvalue weighted by atomic mass is 10.1. The lowest BCUT2D eigenvalue weighted by molar-refractivity contribution is -0.147. The Morgan fingerprint density at radius 1 is 0.681 bits per heavy atom. The zero-order chi connectivity index (χ0) is 34.8. The van der Waals surface area contributed by atoms with Crippen molar-refractivity contribution in [2.45, 2.75) is 142 Å². The number of nitrogens with one attached hydrogen (secondary N) is 2. The highest BCUT2D eigenvalue weighted by Crippen LogP contribution is 2.14. The Labute approximate surface area is 283 Å². The summed E-state index contributed by atoms with van der Waals surface area (Å²) in [5, 5.41) is 22.4. The monoisotopic (exact) mass is 658 g/mol. The molecule has 4 N–H and O–H groups in total. The number of unbranched alkanes of at least 4 members (excludes halogenated alkanes) is 8. The molecule has 0 fully saturated rings. The fraction of sp³-hybridized carbons (Fsp3) is 0.632. The second-order valence-electron chi connectivity index (χ2n) is 11.6. The minimum Gasteiger partial charge on any atom is -0.480 e. The molecule has 0 aromatic heterocycles. The van der Waals surface area contributed by atoms with Gasteiger partial charge in [-0.1, -0.05) is 107 Å². The second kappa shape index (κ2) is 32.5. The van der Waals surface area contributed by atoms with Crippen LogP contribution in [0, 0.1) is 0 Å². The molecule has 0 saturated heterocycles. The summed E-state index contributed by atoms with van der Waals surface area (Å²) in [6, 6.07) is -1.39. The molecule has 2 atom stereocenters. The molecule has 9 nitrogen and oxygen atoms in total. The van der Waals surface area contributed by atoms with Crippen LogP contribution < -0.4 is 10.6 Å². The van der Waals surface area contributed by atoms with E-state index in [4.69, 9.17) is 14.9 Å². The average molecular weight is 659 g/mol. The van der Waals surface area contributed by atoms with E-state index < -0.39 is 24.5 Å². The fourth-order valence-corrected chi connectivity index (χ4v) is 4.52. The van der Waals surface area contributed by atoms with Gasteiger partial charge in [0.25, 0.3) is 0 Å². The number of rotatable bonds is 30. The number of carbonyl (C=O) groups is 4. The molecule has 0 aliphatic heterocycles. The Balaban J connectivity index is 4.43. The maximum atomic E-state index is 12.6. The number of carbonyl (C=O) groups excluding carboxylic acids is 3. The summed E-state index contributed by atoms with van der Waals surface area (Å²) < 4.78 is 5.81. The molecular weight excluding hydrogens is 596 g/mol. The molecule has 47 heavy (non-hydrogen) atoms. The number of aliphatic hydroxyl groups excluding tert-OH is 1. The van der Waals surface area contributed by atoms with Gasteiger partial charge >= 0.3 is 11.9 Å². The van der Waals surface area contributed by atoms with Crippen LogP contribution in [0.1, 0.15) is 129 Å². The number of hydrogen-bond acceptors (Lipinski definition) is 6. The van der Waals surface area contributed by atoms with E-state index in [0.29, 0.717) is 19.3 Å². The van der Waals surface area contributed by atoms with Crippen molar-refractivity contribution in [1.29, 1.82) is 0 Å². The van der Waals surface area contributed by atoms with Gasteiger partial charge in [0.2, 0.25) is 11.8 Å². The van der Waals surface area contributed by atoms with Gasteiger partial charge in [-0.15, -0.1) is 0 Å². The lowest BCUT2D eigenvalue weighted by Crippen LogP contribution is -2.47. The maximum absolute atomic E-state index is 12.6. The summed E-state index contributed by atoms with van der Waals surface area (Å²) in [6.07, 6.45) is 37.0. The van der Waals surface area contributed by atoms with Crippen molar-refractivity contribution in [3.8, 4) is 0 Å². The standard InChI is InChI=1S/C38H62N2O7/c1-3-5-7-9-11-12-13-14-15-16-18-20-26-30-37(44)47-33(27-23-19-17-10-8-6-4-2)28-24-21-22-25-29-35(42)39-31-36(43)40-34(32-41)38(45)46/h5,7,11-12,14-15,18,20,23,27,33-34,41H,3-4,6,8-10,13,16-17,19,21-22,24-26,28-32H2,1-2H3,(H,39,42)(H,40,43)(H,45,46)/b7-5-,12-11-,15-14-,20-18-,27-23-. The first-order chi connectivity index (χ1) is 22.8. The van der Waals surface area contributed by atoms with Crippen LogP contribution >= 0.6 is 0 Å². The highest BCUT2D eigenvalue weighted by molar-refractivity contribution is 5.87. The maximum Gasteiger partial charge on any atom is 0.328 e. The Morgan fingerprint density at radius 3 is 1.94 bits per heavy atom. The van der Waals surface area contributed by atoms with E-state index >= 15 is 0 Å². The smallest absolute Gasteiger partial charge is 0.328 e. The van der Waals surface area contributed by atoms with Gasteiger partial charge < -0.3 is 25.6 Å². The van der Waals surface area contributed by atoms with Crippen molar-refractivity contribution in [2.75, 3.05) is 13.2 Å². The van der Waals surface area contributed by atoms with Crippen molar-refractivity contribution < 1.29 is 34.1 Å². The van der Waals surface area contributed by atoms with E-state index in [9.17, 15) is 19.2 Å². The Morgan fingerprint density at radius 2 is 1.30 bits per heavy atom. The van der Waals surface area contributed by atoms with Crippen molar-refractivity contribution >= 4 is 23.8 Å². The number of esters is 1. The quantitative estimate of drug-likeness (QED) is 0.0357. The van der Waals surface area contributed by atoms with Gasteiger partial charge in [0.05, 0.1) is 13.2 Å².